The first-order chi connectivity index (χ1) is 6.52. The van der Waals surface area contributed by atoms with Gasteiger partial charge in [-0.3, -0.25) is 4.79 Å². The first kappa shape index (κ1) is 13.4. The summed E-state index contributed by atoms with van der Waals surface area (Å²) in [5.41, 5.74) is 0. The third-order valence-electron chi connectivity index (χ3n) is 2.20. The monoisotopic (exact) mass is 203 g/mol. The maximum absolute atomic E-state index is 11.5. The van der Waals surface area contributed by atoms with E-state index in [4.69, 9.17) is 9.47 Å². The number of hydrogen-bond acceptors (Lipinski definition) is 3. The number of carbonyl (C=O) groups excluding carboxylic acids is 1. The maximum atomic E-state index is 11.5. The Labute approximate surface area is 86.0 Å². The lowest BCUT2D eigenvalue weighted by Gasteiger charge is -2.23. The number of hydrogen-bond donors (Lipinski definition) is 1. The number of ether oxygens (including phenoxy) is 2. The number of amides is 1. The number of carbonyl (C=O) groups is 1. The van der Waals surface area contributed by atoms with Crippen molar-refractivity contribution in [2.75, 3.05) is 20.8 Å². The third kappa shape index (κ3) is 4.58. The zero-order valence-electron chi connectivity index (χ0n) is 9.66. The van der Waals surface area contributed by atoms with Crippen molar-refractivity contribution >= 4 is 5.91 Å². The molecule has 0 bridgehead atoms. The molecule has 0 radical (unpaired) electrons. The minimum atomic E-state index is -0.409. The van der Waals surface area contributed by atoms with Crippen molar-refractivity contribution in [1.29, 1.82) is 0 Å². The Hall–Kier alpha value is -0.610. The van der Waals surface area contributed by atoms with Crippen LogP contribution in [-0.2, 0) is 14.3 Å². The number of nitrogens with one attached hydrogen (secondary N) is 1. The summed E-state index contributed by atoms with van der Waals surface area (Å²) in [6.07, 6.45) is -0.409. The van der Waals surface area contributed by atoms with Crippen molar-refractivity contribution < 1.29 is 14.3 Å². The molecule has 1 N–H and O–H groups in total. The summed E-state index contributed by atoms with van der Waals surface area (Å²) >= 11 is 0. The SMILES string of the molecule is COCC(NC(=O)C(C)OC)C(C)C. The first-order valence-corrected chi connectivity index (χ1v) is 4.85. The average Bonchev–Trinajstić information content (AvgIpc) is 2.15. The van der Waals surface area contributed by atoms with Crippen molar-refractivity contribution in [2.24, 2.45) is 5.92 Å². The molecule has 2 atom stereocenters. The van der Waals surface area contributed by atoms with Crippen LogP contribution in [0.5, 0.6) is 0 Å². The van der Waals surface area contributed by atoms with Crippen molar-refractivity contribution in [3.63, 3.8) is 0 Å². The van der Waals surface area contributed by atoms with E-state index in [1.807, 2.05) is 13.8 Å². The molecule has 0 aromatic rings. The van der Waals surface area contributed by atoms with Gasteiger partial charge in [-0.15, -0.1) is 0 Å². The predicted octanol–water partition coefficient (Wildman–Crippen LogP) is 0.808. The molecule has 84 valence electrons. The van der Waals surface area contributed by atoms with E-state index in [1.54, 1.807) is 14.0 Å². The topological polar surface area (TPSA) is 47.6 Å². The second kappa shape index (κ2) is 6.79. The van der Waals surface area contributed by atoms with Gasteiger partial charge < -0.3 is 14.8 Å². The van der Waals surface area contributed by atoms with E-state index in [0.717, 1.165) is 0 Å². The van der Waals surface area contributed by atoms with Gasteiger partial charge in [-0.2, -0.15) is 0 Å². The van der Waals surface area contributed by atoms with Crippen LogP contribution >= 0.6 is 0 Å². The molecule has 1 amide bonds. The van der Waals surface area contributed by atoms with Crippen LogP contribution in [-0.4, -0.2) is 38.9 Å². The van der Waals surface area contributed by atoms with Crippen LogP contribution in [0.25, 0.3) is 0 Å². The molecule has 0 aromatic carbocycles. The lowest BCUT2D eigenvalue weighted by molar-refractivity contribution is -0.131. The highest BCUT2D eigenvalue weighted by Crippen LogP contribution is 2.02. The smallest absolute Gasteiger partial charge is 0.249 e. The summed E-state index contributed by atoms with van der Waals surface area (Å²) in [6.45, 7) is 6.34. The van der Waals surface area contributed by atoms with Crippen LogP contribution in [0.15, 0.2) is 0 Å². The Morgan fingerprint density at radius 2 is 1.86 bits per heavy atom. The molecular formula is C10H21NO3. The van der Waals surface area contributed by atoms with Crippen LogP contribution in [0.2, 0.25) is 0 Å². The molecule has 2 unspecified atom stereocenters. The minimum Gasteiger partial charge on any atom is -0.383 e. The average molecular weight is 203 g/mol. The second-order valence-corrected chi connectivity index (χ2v) is 3.69. The van der Waals surface area contributed by atoms with Gasteiger partial charge in [-0.25, -0.2) is 0 Å². The van der Waals surface area contributed by atoms with E-state index in [1.165, 1.54) is 7.11 Å². The first-order valence-electron chi connectivity index (χ1n) is 4.85. The largest absolute Gasteiger partial charge is 0.383 e. The minimum absolute atomic E-state index is 0.0464. The fraction of sp³-hybridized carbons (Fsp3) is 0.900. The molecule has 0 aliphatic rings. The molecule has 0 aliphatic heterocycles. The second-order valence-electron chi connectivity index (χ2n) is 3.69. The van der Waals surface area contributed by atoms with E-state index in [2.05, 4.69) is 5.32 Å². The summed E-state index contributed by atoms with van der Waals surface area (Å²) in [4.78, 5) is 11.5. The summed E-state index contributed by atoms with van der Waals surface area (Å²) in [6, 6.07) is 0.0464. The van der Waals surface area contributed by atoms with Gasteiger partial charge in [0.05, 0.1) is 12.6 Å². The summed E-state index contributed by atoms with van der Waals surface area (Å²) < 4.78 is 9.94. The molecule has 4 nitrogen and oxygen atoms in total. The van der Waals surface area contributed by atoms with E-state index in [-0.39, 0.29) is 11.9 Å². The maximum Gasteiger partial charge on any atom is 0.249 e. The molecular weight excluding hydrogens is 182 g/mol. The van der Waals surface area contributed by atoms with Crippen LogP contribution in [0.3, 0.4) is 0 Å². The number of methoxy groups -OCH3 is 2. The quantitative estimate of drug-likeness (QED) is 0.695. The molecule has 14 heavy (non-hydrogen) atoms. The van der Waals surface area contributed by atoms with Gasteiger partial charge in [-0.1, -0.05) is 13.8 Å². The molecule has 0 spiro atoms. The van der Waals surface area contributed by atoms with Crippen molar-refractivity contribution in [3.8, 4) is 0 Å². The van der Waals surface area contributed by atoms with Crippen molar-refractivity contribution in [2.45, 2.75) is 32.9 Å². The molecule has 0 aromatic heterocycles. The highest BCUT2D eigenvalue weighted by atomic mass is 16.5. The predicted molar refractivity (Wildman–Crippen MR) is 55.1 cm³/mol. The molecule has 0 saturated carbocycles. The van der Waals surface area contributed by atoms with Gasteiger partial charge in [0.2, 0.25) is 5.91 Å². The summed E-state index contributed by atoms with van der Waals surface area (Å²) in [5, 5.41) is 2.88. The standard InChI is InChI=1S/C10H21NO3/c1-7(2)9(6-13-4)11-10(12)8(3)14-5/h7-9H,6H2,1-5H3,(H,11,12). The normalized spacial score (nSPS) is 15.3. The number of rotatable bonds is 6. The molecule has 0 saturated heterocycles. The lowest BCUT2D eigenvalue weighted by atomic mass is 10.1. The Kier molecular flexibility index (Phi) is 6.49. The molecule has 0 aliphatic carbocycles. The molecule has 0 rings (SSSR count). The Morgan fingerprint density at radius 1 is 1.29 bits per heavy atom. The van der Waals surface area contributed by atoms with Crippen LogP contribution in [0.1, 0.15) is 20.8 Å². The van der Waals surface area contributed by atoms with E-state index >= 15 is 0 Å². The van der Waals surface area contributed by atoms with Gasteiger partial charge in [0.1, 0.15) is 6.10 Å². The third-order valence-corrected chi connectivity index (χ3v) is 2.20. The van der Waals surface area contributed by atoms with Gasteiger partial charge in [0.25, 0.3) is 0 Å². The molecule has 0 heterocycles. The van der Waals surface area contributed by atoms with E-state index in [0.29, 0.717) is 12.5 Å². The van der Waals surface area contributed by atoms with Gasteiger partial charge >= 0.3 is 0 Å². The van der Waals surface area contributed by atoms with Crippen molar-refractivity contribution in [3.05, 3.63) is 0 Å². The molecule has 0 fully saturated rings. The van der Waals surface area contributed by atoms with Crippen LogP contribution < -0.4 is 5.32 Å². The highest BCUT2D eigenvalue weighted by Gasteiger charge is 2.19. The zero-order chi connectivity index (χ0) is 11.1. The Morgan fingerprint density at radius 3 is 2.21 bits per heavy atom. The molecule has 4 heteroatoms. The Bertz CT molecular complexity index is 171. The fourth-order valence-electron chi connectivity index (χ4n) is 0.987. The summed E-state index contributed by atoms with van der Waals surface area (Å²) in [5.74, 6) is 0.256. The highest BCUT2D eigenvalue weighted by molar-refractivity contribution is 5.80. The zero-order valence-corrected chi connectivity index (χ0v) is 9.66. The van der Waals surface area contributed by atoms with E-state index < -0.39 is 6.10 Å². The Balaban J connectivity index is 4.08. The van der Waals surface area contributed by atoms with Gasteiger partial charge in [0.15, 0.2) is 0 Å². The van der Waals surface area contributed by atoms with Crippen molar-refractivity contribution in [1.82, 2.24) is 5.32 Å². The van der Waals surface area contributed by atoms with Crippen LogP contribution in [0.4, 0.5) is 0 Å². The lowest BCUT2D eigenvalue weighted by Crippen LogP contribution is -2.45. The van der Waals surface area contributed by atoms with Gasteiger partial charge in [0, 0.05) is 14.2 Å². The van der Waals surface area contributed by atoms with Crippen LogP contribution in [0, 0.1) is 5.92 Å². The van der Waals surface area contributed by atoms with E-state index in [9.17, 15) is 4.79 Å². The summed E-state index contributed by atoms with van der Waals surface area (Å²) in [7, 11) is 3.15. The fourth-order valence-corrected chi connectivity index (χ4v) is 0.987. The van der Waals surface area contributed by atoms with Gasteiger partial charge in [-0.05, 0) is 12.8 Å².